The maximum Gasteiger partial charge on any atom is 0.330 e. The van der Waals surface area contributed by atoms with Gasteiger partial charge in [0.1, 0.15) is 95.6 Å². The van der Waals surface area contributed by atoms with Crippen LogP contribution in [0, 0.1) is 5.92 Å². The number of carboxylic acids is 1. The van der Waals surface area contributed by atoms with Crippen molar-refractivity contribution in [3.8, 4) is 80.1 Å². The predicted octanol–water partition coefficient (Wildman–Crippen LogP) is 1.73. The number of aliphatic hydroxyl groups is 6. The molecule has 0 radical (unpaired) electrons. The first-order chi connectivity index (χ1) is 65.0. The smallest absolute Gasteiger partial charge is 0.330 e. The number of ether oxygens (including phenoxy) is 6. The van der Waals surface area contributed by atoms with Crippen molar-refractivity contribution < 1.29 is 157 Å². The number of carboxylic acid groups (broad SMARTS) is 1. The number of likely N-dealkylation sites (N-methyl/N-ethyl adjacent to an activating group) is 1. The highest BCUT2D eigenvalue weighted by atomic mass is 35.5. The zero-order valence-corrected chi connectivity index (χ0v) is 75.5. The van der Waals surface area contributed by atoms with Crippen LogP contribution in [0.4, 0.5) is 0 Å². The molecule has 46 heteroatoms. The van der Waals surface area contributed by atoms with Gasteiger partial charge in [-0.15, -0.1) is 0 Å². The van der Waals surface area contributed by atoms with Crippen molar-refractivity contribution in [1.29, 1.82) is 0 Å². The summed E-state index contributed by atoms with van der Waals surface area (Å²) in [6.45, 7) is 5.26. The summed E-state index contributed by atoms with van der Waals surface area (Å²) in [5, 5.41) is 182. The molecule has 2 fully saturated rings. The number of hydrogen-bond acceptors (Lipinski definition) is 32. The van der Waals surface area contributed by atoms with Gasteiger partial charge in [-0.3, -0.25) is 52.7 Å². The molecule has 26 N–H and O–H groups in total. The molecule has 7 heterocycles. The fraction of sp³-hybridized carbons (Fsp3) is 0.407. The van der Waals surface area contributed by atoms with Gasteiger partial charge in [0, 0.05) is 68.2 Å². The van der Waals surface area contributed by atoms with Gasteiger partial charge in [0.15, 0.2) is 52.9 Å². The lowest BCUT2D eigenvalue weighted by Gasteiger charge is -2.48. The Morgan fingerprint density at radius 1 is 0.620 bits per heavy atom. The third-order valence-electron chi connectivity index (χ3n) is 23.6. The molecule has 11 amide bonds. The summed E-state index contributed by atoms with van der Waals surface area (Å²) in [6.07, 6.45) is -21.5. The van der Waals surface area contributed by atoms with Crippen molar-refractivity contribution in [2.75, 3.05) is 39.8 Å². The van der Waals surface area contributed by atoms with E-state index in [0.717, 1.165) is 72.8 Å². The van der Waals surface area contributed by atoms with Crippen LogP contribution in [-0.4, -0.2) is 266 Å². The first-order valence-corrected chi connectivity index (χ1v) is 44.1. The normalized spacial score (nSPS) is 24.6. The van der Waals surface area contributed by atoms with Crippen molar-refractivity contribution >= 4 is 94.2 Å². The van der Waals surface area contributed by atoms with E-state index in [2.05, 4.69) is 53.2 Å². The Balaban J connectivity index is 0.933. The summed E-state index contributed by atoms with van der Waals surface area (Å²) in [6, 6.07) is 5.88. The van der Waals surface area contributed by atoms with E-state index in [1.54, 1.807) is 13.8 Å². The van der Waals surface area contributed by atoms with Gasteiger partial charge in [0.05, 0.1) is 51.9 Å². The number of nitrogens with zero attached hydrogens (tertiary/aromatic N) is 1. The molecule has 0 aromatic heterocycles. The van der Waals surface area contributed by atoms with Crippen LogP contribution >= 0.6 is 23.2 Å². The first kappa shape index (κ1) is 102. The van der Waals surface area contributed by atoms with Crippen molar-refractivity contribution in [3.05, 3.63) is 164 Å². The summed E-state index contributed by atoms with van der Waals surface area (Å²) < 4.78 is 39.2. The molecular formula is C91H104Cl2N12O32. The maximum absolute atomic E-state index is 16.3. The number of halogens is 2. The van der Waals surface area contributed by atoms with Gasteiger partial charge in [-0.2, -0.15) is 0 Å². The van der Waals surface area contributed by atoms with Gasteiger partial charge in [-0.05, 0) is 154 Å². The summed E-state index contributed by atoms with van der Waals surface area (Å²) in [4.78, 5) is 175. The molecule has 7 aliphatic heterocycles. The number of hydrogen-bond donors (Lipinski definition) is 25. The monoisotopic (exact) mass is 1950 g/mol. The van der Waals surface area contributed by atoms with Crippen LogP contribution in [0.2, 0.25) is 10.0 Å². The molecule has 2 saturated heterocycles. The average molecular weight is 1950 g/mol. The minimum Gasteiger partial charge on any atom is -0.508 e. The number of aromatic hydroxyl groups is 7. The predicted molar refractivity (Wildman–Crippen MR) is 477 cm³/mol. The molecule has 11 bridgehead atoms. The molecule has 7 aromatic carbocycles. The number of amides is 11. The zero-order chi connectivity index (χ0) is 99.6. The van der Waals surface area contributed by atoms with Gasteiger partial charge in [-0.1, -0.05) is 67.4 Å². The van der Waals surface area contributed by atoms with Gasteiger partial charge in [0.2, 0.25) is 65.2 Å². The molecule has 0 aliphatic carbocycles. The first-order valence-electron chi connectivity index (χ1n) is 43.3. The second-order valence-corrected chi connectivity index (χ2v) is 34.8. The molecule has 44 nitrogen and oxygen atoms in total. The van der Waals surface area contributed by atoms with E-state index in [-0.39, 0.29) is 80.0 Å². The molecule has 137 heavy (non-hydrogen) atoms. The quantitative estimate of drug-likeness (QED) is 0.0245. The number of unbranched alkanes of at least 4 members (excludes halogenated alkanes) is 1. The number of nitrogens with one attached hydrogen (secondary N) is 10. The number of nitrogens with two attached hydrogens (primary N) is 1. The van der Waals surface area contributed by atoms with E-state index in [1.807, 2.05) is 0 Å². The van der Waals surface area contributed by atoms with E-state index in [1.165, 1.54) is 68.3 Å². The number of rotatable bonds is 28. The lowest BCUT2D eigenvalue weighted by molar-refractivity contribution is -0.334. The molecule has 18 atom stereocenters. The maximum atomic E-state index is 16.3. The van der Waals surface area contributed by atoms with Crippen LogP contribution in [-0.2, 0) is 62.2 Å². The van der Waals surface area contributed by atoms with E-state index in [9.17, 15) is 105 Å². The standard InChI is InChI=1S/C91H104Cl2N12O32/c1-38(2)27-51(95-5)83(124)102-70-72(115)41-16-19-57(49(92)29-41)133-59-31-43-32-60(134-58-20-17-42(30-50(58)93)73(116)71-88(129)101-69(89(130)131)48-33-44(107)34-56(111)66(48)47-28-40(15-18-53(47)108)67(85(126)103-71)100-86(127)68(43)99-84(125)52(35-62(94)112)98-87(70)128)78(59)137-90-79(77(120)76(119)61(37-106)135-90)136-65-36-91(4,80(121)39(3)132-65)104-63(113)21-22-64(114)105(26-10-24-97-82(123)46-12-9-14-55(110)75(46)118)25-7-6-23-96-81(122)45-11-8-13-54(109)74(45)117/h8-9,11-20,28-34,38-39,51-52,61,65,67-73,76-77,79-80,90,95,106-111,115-121H,6-7,10,21-27,35-37H2,1-5H3,(H2,94,112)(H,96,122)(H,97,123)(H,98,128)(H,99,125)(H,100,127)(H,101,129)(H,102,124)(H,103,126)(H,104,113)(H,130,131)/t39-,51+,52-,61+,65-,67+,68+,69-,70+,71-,72+,73+,76+,77-,79+,80+,90-,91-/m0/s1. The number of aliphatic hydroxyl groups excluding tert-OH is 6. The molecule has 0 saturated carbocycles. The number of aliphatic carboxylic acids is 1. The minimum absolute atomic E-state index is 0.0193. The van der Waals surface area contributed by atoms with Crippen LogP contribution in [0.5, 0.6) is 69.0 Å². The number of carbonyl (C=O) groups excluding carboxylic acids is 11. The fourth-order valence-corrected chi connectivity index (χ4v) is 16.9. The summed E-state index contributed by atoms with van der Waals surface area (Å²) in [7, 11) is 1.45. The topological polar surface area (TPSA) is 693 Å². The van der Waals surface area contributed by atoms with Gasteiger partial charge >= 0.3 is 5.97 Å². The number of phenols is 7. The molecule has 734 valence electrons. The highest BCUT2D eigenvalue weighted by Crippen LogP contribution is 2.51. The van der Waals surface area contributed by atoms with Crippen molar-refractivity contribution in [3.63, 3.8) is 0 Å². The molecule has 0 unspecified atom stereocenters. The summed E-state index contributed by atoms with van der Waals surface area (Å²) in [5.41, 5.74) is 0.324. The highest BCUT2D eigenvalue weighted by molar-refractivity contribution is 6.32. The average Bonchev–Trinajstić information content (AvgIpc) is 0.763. The Morgan fingerprint density at radius 2 is 1.20 bits per heavy atom. The summed E-state index contributed by atoms with van der Waals surface area (Å²) in [5.74, 6) is -22.3. The lowest BCUT2D eigenvalue weighted by atomic mass is 9.84. The fourth-order valence-electron chi connectivity index (χ4n) is 16.4. The van der Waals surface area contributed by atoms with Crippen LogP contribution in [0.25, 0.3) is 11.1 Å². The molecule has 14 rings (SSSR count). The van der Waals surface area contributed by atoms with Crippen molar-refractivity contribution in [2.24, 2.45) is 11.7 Å². The van der Waals surface area contributed by atoms with Crippen molar-refractivity contribution in [1.82, 2.24) is 58.1 Å². The number of benzene rings is 7. The Kier molecular flexibility index (Phi) is 32.9. The number of phenolic OH excluding ortho intramolecular Hbond substituents is 7. The SMILES string of the molecule is CN[C@H](CC(C)C)C(=O)N[C@H]1C(=O)N[C@@H](CC(N)=O)C(=O)N[C@H]2C(=O)N[C@H]3C(=O)N[C@H](C(=O)N[C@H](C(=O)O)c4cc(O)cc(O)c4-c4cc3ccc4O)[C@H](O)c3ccc(c(Cl)c3)Oc3cc2cc(c3O[C@@H]2O[C@H](CO)[C@@H](O)[C@H](O)[C@H]2O[C@H]2C[C@](C)(NC(=O)CCC(=O)N(CCCCNC(=O)c3cccc(O)c3O)CCCNC(=O)c3cccc(O)c3O)[C@H](O)[C@H](C)O2)Oc2ccc(cc2Cl)[C@H]1O. The van der Waals surface area contributed by atoms with Crippen LogP contribution in [0.1, 0.15) is 158 Å². The highest BCUT2D eigenvalue weighted by Gasteiger charge is 2.53. The third kappa shape index (κ3) is 23.7. The molecule has 7 aromatic rings. The summed E-state index contributed by atoms with van der Waals surface area (Å²) >= 11 is 14.3. The molecular weight excluding hydrogens is 1840 g/mol. The number of para-hydroxylation sites is 2. The lowest BCUT2D eigenvalue weighted by Crippen LogP contribution is -2.66. The van der Waals surface area contributed by atoms with Crippen LogP contribution in [0.15, 0.2) is 115 Å². The minimum atomic E-state index is -2.45. The van der Waals surface area contributed by atoms with E-state index in [0.29, 0.717) is 0 Å². The Labute approximate surface area is 790 Å². The Bertz CT molecular complexity index is 5780. The molecule has 7 aliphatic rings. The second-order valence-electron chi connectivity index (χ2n) is 34.0. The van der Waals surface area contributed by atoms with E-state index >= 15 is 24.0 Å². The van der Waals surface area contributed by atoms with Crippen molar-refractivity contribution in [2.45, 2.75) is 188 Å². The third-order valence-corrected chi connectivity index (χ3v) is 24.2. The van der Waals surface area contributed by atoms with E-state index in [4.69, 9.17) is 57.4 Å². The van der Waals surface area contributed by atoms with Gasteiger partial charge in [-0.25, -0.2) is 4.79 Å². The largest absolute Gasteiger partial charge is 0.508 e. The Morgan fingerprint density at radius 3 is 1.80 bits per heavy atom. The number of primary amides is 1. The number of carbonyl (C=O) groups is 12. The van der Waals surface area contributed by atoms with Crippen LogP contribution < -0.4 is 73.1 Å². The van der Waals surface area contributed by atoms with Crippen LogP contribution in [0.3, 0.4) is 0 Å². The zero-order valence-electron chi connectivity index (χ0n) is 73.9. The Hall–Kier alpha value is -13.6. The van der Waals surface area contributed by atoms with Gasteiger partial charge < -0.3 is 164 Å². The number of fused-ring (bicyclic) bond motifs is 15. The van der Waals surface area contributed by atoms with E-state index < -0.39 is 319 Å². The molecule has 0 spiro atoms. The second kappa shape index (κ2) is 44.0. The van der Waals surface area contributed by atoms with Gasteiger partial charge in [0.25, 0.3) is 11.8 Å².